The van der Waals surface area contributed by atoms with Gasteiger partial charge in [-0.05, 0) is 48.1 Å². The molecule has 0 bridgehead atoms. The Hall–Kier alpha value is -1.83. The van der Waals surface area contributed by atoms with Gasteiger partial charge in [0.25, 0.3) is 0 Å². The molecule has 0 saturated carbocycles. The van der Waals surface area contributed by atoms with Gasteiger partial charge in [-0.2, -0.15) is 0 Å². The van der Waals surface area contributed by atoms with Gasteiger partial charge in [-0.15, -0.1) is 28.7 Å². The Balaban J connectivity index is 0.00000560. The maximum atomic E-state index is 12.8. The monoisotopic (exact) mass is 651 g/mol. The lowest BCUT2D eigenvalue weighted by atomic mass is 10.1. The van der Waals surface area contributed by atoms with Gasteiger partial charge in [0.1, 0.15) is 0 Å². The molecule has 0 aromatic heterocycles. The van der Waals surface area contributed by atoms with E-state index < -0.39 is 0 Å². The summed E-state index contributed by atoms with van der Waals surface area (Å²) in [5.41, 5.74) is 2.47. The van der Waals surface area contributed by atoms with Crippen LogP contribution in [0.1, 0.15) is 96.5 Å². The fraction of sp³-hybridized carbons (Fsp3) is 0.531. The molecule has 222 valence electrons. The van der Waals surface area contributed by atoms with Crippen LogP contribution in [-0.4, -0.2) is 23.4 Å². The summed E-state index contributed by atoms with van der Waals surface area (Å²) in [5.74, 6) is 1.49. The van der Waals surface area contributed by atoms with Crippen molar-refractivity contribution in [1.82, 2.24) is 4.90 Å². The van der Waals surface area contributed by atoms with Crippen LogP contribution in [0, 0.1) is 0 Å². The number of halogens is 2. The Morgan fingerprint density at radius 1 is 0.925 bits per heavy atom. The first-order valence-electron chi connectivity index (χ1n) is 14.7. The van der Waals surface area contributed by atoms with E-state index >= 15 is 0 Å². The molecule has 40 heavy (non-hydrogen) atoms. The number of hydrogen-bond acceptors (Lipinski definition) is 4. The molecule has 3 rings (SSSR count). The molecule has 0 spiro atoms. The topological polar surface area (TPSA) is 53.6 Å². The van der Waals surface area contributed by atoms with Crippen LogP contribution in [0.2, 0.25) is 5.02 Å². The number of ether oxygens (including phenoxy) is 1. The first-order valence-corrected chi connectivity index (χ1v) is 16.0. The van der Waals surface area contributed by atoms with Gasteiger partial charge >= 0.3 is 6.03 Å². The van der Waals surface area contributed by atoms with Crippen LogP contribution in [0.25, 0.3) is 0 Å². The molecule has 5 nitrogen and oxygen atoms in total. The third-order valence-electron chi connectivity index (χ3n) is 6.85. The lowest BCUT2D eigenvalue weighted by Gasteiger charge is -2.16. The minimum Gasteiger partial charge on any atom is -0.490 e. The molecule has 8 heteroatoms. The van der Waals surface area contributed by atoms with Gasteiger partial charge in [0, 0.05) is 18.4 Å². The van der Waals surface area contributed by atoms with Crippen LogP contribution in [-0.2, 0) is 6.54 Å². The van der Waals surface area contributed by atoms with Crippen molar-refractivity contribution < 1.29 is 9.53 Å². The summed E-state index contributed by atoms with van der Waals surface area (Å²) in [6.07, 6.45) is 17.8. The molecule has 0 atom stereocenters. The Morgan fingerprint density at radius 2 is 1.57 bits per heavy atom. The average molecular weight is 653 g/mol. The molecule has 2 aromatic carbocycles. The quantitative estimate of drug-likeness (QED) is 0.157. The molecule has 0 unspecified atom stereocenters. The Bertz CT molecular complexity index is 1050. The number of anilines is 2. The van der Waals surface area contributed by atoms with Crippen LogP contribution in [0.15, 0.2) is 53.6 Å². The number of carbonyl (C=O) groups excluding carboxylic acids is 1. The highest BCUT2D eigenvalue weighted by molar-refractivity contribution is 8.93. The maximum absolute atomic E-state index is 12.8. The first kappa shape index (κ1) is 34.4. The normalized spacial score (nSPS) is 12.6. The van der Waals surface area contributed by atoms with Gasteiger partial charge < -0.3 is 20.3 Å². The van der Waals surface area contributed by atoms with E-state index in [1.807, 2.05) is 42.1 Å². The SMILES string of the molecule is Br.CCCCCCCCCCCCCCOc1c(Cl)cccc1NC(=O)Nc1cccc(CN2C=C(C)SC2)c1. The number of rotatable bonds is 18. The highest BCUT2D eigenvalue weighted by Crippen LogP contribution is 2.33. The molecule has 1 heterocycles. The number of allylic oxidation sites excluding steroid dienone is 1. The number of nitrogens with one attached hydrogen (secondary N) is 2. The van der Waals surface area contributed by atoms with E-state index in [2.05, 4.69) is 41.6 Å². The lowest BCUT2D eigenvalue weighted by Crippen LogP contribution is -2.20. The fourth-order valence-electron chi connectivity index (χ4n) is 4.75. The number of hydrogen-bond donors (Lipinski definition) is 2. The lowest BCUT2D eigenvalue weighted by molar-refractivity contribution is 0.261. The van der Waals surface area contributed by atoms with Gasteiger partial charge in [-0.25, -0.2) is 4.79 Å². The van der Waals surface area contributed by atoms with Crippen molar-refractivity contribution in [2.24, 2.45) is 0 Å². The molecule has 1 aliphatic rings. The fourth-order valence-corrected chi connectivity index (χ4v) is 5.73. The van der Waals surface area contributed by atoms with Crippen LogP contribution in [0.3, 0.4) is 0 Å². The minimum absolute atomic E-state index is 0. The highest BCUT2D eigenvalue weighted by atomic mass is 79.9. The molecule has 2 amide bonds. The second-order valence-corrected chi connectivity index (χ2v) is 12.0. The highest BCUT2D eigenvalue weighted by Gasteiger charge is 2.13. The van der Waals surface area contributed by atoms with E-state index in [0.29, 0.717) is 23.1 Å². The van der Waals surface area contributed by atoms with E-state index in [1.54, 1.807) is 6.07 Å². The van der Waals surface area contributed by atoms with E-state index in [-0.39, 0.29) is 23.0 Å². The summed E-state index contributed by atoms with van der Waals surface area (Å²) >= 11 is 8.27. The van der Waals surface area contributed by atoms with Crippen molar-refractivity contribution in [3.8, 4) is 5.75 Å². The summed E-state index contributed by atoms with van der Waals surface area (Å²) in [6.45, 7) is 5.79. The van der Waals surface area contributed by atoms with Crippen molar-refractivity contribution in [1.29, 1.82) is 0 Å². The van der Waals surface area contributed by atoms with E-state index in [1.165, 1.54) is 69.1 Å². The first-order chi connectivity index (χ1) is 19.0. The Morgan fingerprint density at radius 3 is 2.23 bits per heavy atom. The second kappa shape index (κ2) is 20.1. The predicted octanol–water partition coefficient (Wildman–Crippen LogP) is 11.0. The number of para-hydroxylation sites is 1. The van der Waals surface area contributed by atoms with Crippen LogP contribution in [0.5, 0.6) is 5.75 Å². The van der Waals surface area contributed by atoms with Crippen LogP contribution in [0.4, 0.5) is 16.2 Å². The summed E-state index contributed by atoms with van der Waals surface area (Å²) < 4.78 is 6.03. The molecular weight excluding hydrogens is 606 g/mol. The number of nitrogens with zero attached hydrogens (tertiary/aromatic N) is 1. The number of thioether (sulfide) groups is 1. The van der Waals surface area contributed by atoms with Crippen LogP contribution >= 0.6 is 40.3 Å². The number of amides is 2. The summed E-state index contributed by atoms with van der Waals surface area (Å²) in [5, 5.41) is 6.35. The van der Waals surface area contributed by atoms with Crippen molar-refractivity contribution in [2.45, 2.75) is 97.4 Å². The minimum atomic E-state index is -0.322. The molecule has 2 aromatic rings. The average Bonchev–Trinajstić information content (AvgIpc) is 3.32. The molecular formula is C32H47BrClN3O2S. The third-order valence-corrected chi connectivity index (χ3v) is 8.17. The predicted molar refractivity (Wildman–Crippen MR) is 179 cm³/mol. The summed E-state index contributed by atoms with van der Waals surface area (Å²) in [7, 11) is 0. The smallest absolute Gasteiger partial charge is 0.323 e. The number of carbonyl (C=O) groups is 1. The molecule has 2 N–H and O–H groups in total. The zero-order chi connectivity index (χ0) is 27.7. The van der Waals surface area contributed by atoms with E-state index in [9.17, 15) is 4.79 Å². The van der Waals surface area contributed by atoms with Gasteiger partial charge in [-0.3, -0.25) is 0 Å². The molecule has 0 saturated heterocycles. The zero-order valence-electron chi connectivity index (χ0n) is 24.2. The van der Waals surface area contributed by atoms with E-state index in [4.69, 9.17) is 16.3 Å². The largest absolute Gasteiger partial charge is 0.490 e. The summed E-state index contributed by atoms with van der Waals surface area (Å²) in [4.78, 5) is 16.4. The van der Waals surface area contributed by atoms with Crippen LogP contribution < -0.4 is 15.4 Å². The Labute approximate surface area is 261 Å². The summed E-state index contributed by atoms with van der Waals surface area (Å²) in [6, 6.07) is 13.1. The van der Waals surface area contributed by atoms with Gasteiger partial charge in [0.15, 0.2) is 5.75 Å². The third kappa shape index (κ3) is 13.2. The van der Waals surface area contributed by atoms with Crippen molar-refractivity contribution in [3.63, 3.8) is 0 Å². The molecule has 0 aliphatic carbocycles. The van der Waals surface area contributed by atoms with Gasteiger partial charge in [-0.1, -0.05) is 107 Å². The number of unbranched alkanes of at least 4 members (excludes halogenated alkanes) is 11. The number of urea groups is 1. The number of benzene rings is 2. The molecule has 0 fully saturated rings. The zero-order valence-corrected chi connectivity index (χ0v) is 27.5. The van der Waals surface area contributed by atoms with Crippen molar-refractivity contribution in [3.05, 3.63) is 64.2 Å². The standard InChI is InChI=1S/C32H46ClN3O2S.BrH/c1-3-4-5-6-7-8-9-10-11-12-13-14-21-38-31-29(33)19-16-20-30(31)35-32(37)34-28-18-15-17-27(22-28)24-36-23-26(2)39-25-36;/h15-20,22-23H,3-14,21,24-25H2,1-2H3,(H2,34,35,37);1H. The Kier molecular flexibility index (Phi) is 17.3. The van der Waals surface area contributed by atoms with Crippen molar-refractivity contribution in [2.75, 3.05) is 23.1 Å². The maximum Gasteiger partial charge on any atom is 0.323 e. The van der Waals surface area contributed by atoms with Crippen molar-refractivity contribution >= 4 is 57.8 Å². The molecule has 0 radical (unpaired) electrons. The molecule has 1 aliphatic heterocycles. The van der Waals surface area contributed by atoms with Gasteiger partial charge in [0.2, 0.25) is 0 Å². The second-order valence-electron chi connectivity index (χ2n) is 10.4. The van der Waals surface area contributed by atoms with Gasteiger partial charge in [0.05, 0.1) is 23.2 Å². The van der Waals surface area contributed by atoms with E-state index in [0.717, 1.165) is 36.5 Å².